The highest BCUT2D eigenvalue weighted by Gasteiger charge is 2.31. The quantitative estimate of drug-likeness (QED) is 0.454. The topological polar surface area (TPSA) is 53.2 Å². The van der Waals surface area contributed by atoms with Gasteiger partial charge in [0.25, 0.3) is 0 Å². The van der Waals surface area contributed by atoms with Gasteiger partial charge in [0.1, 0.15) is 6.04 Å². The van der Waals surface area contributed by atoms with Crippen LogP contribution in [0.15, 0.2) is 48.7 Å². The van der Waals surface area contributed by atoms with Gasteiger partial charge in [-0.15, -0.1) is 0 Å². The first-order valence-electron chi connectivity index (χ1n) is 9.43. The molecule has 29 heavy (non-hydrogen) atoms. The predicted molar refractivity (Wildman–Crippen MR) is 118 cm³/mol. The van der Waals surface area contributed by atoms with Crippen molar-refractivity contribution in [2.45, 2.75) is 39.8 Å². The molecule has 6 heteroatoms. The van der Waals surface area contributed by atoms with Crippen LogP contribution in [0.5, 0.6) is 0 Å². The van der Waals surface area contributed by atoms with Crippen LogP contribution in [0.4, 0.5) is 0 Å². The second kappa shape index (κ2) is 8.60. The molecule has 0 spiro atoms. The summed E-state index contributed by atoms with van der Waals surface area (Å²) in [6.07, 6.45) is 2.89. The number of aromatic amines is 1. The number of aromatic nitrogens is 1. The van der Waals surface area contributed by atoms with E-state index in [2.05, 4.69) is 4.98 Å². The first-order chi connectivity index (χ1) is 13.7. The Labute approximate surface area is 180 Å². The zero-order chi connectivity index (χ0) is 21.2. The van der Waals surface area contributed by atoms with E-state index in [9.17, 15) is 9.59 Å². The summed E-state index contributed by atoms with van der Waals surface area (Å²) in [5.41, 5.74) is 2.31. The number of fused-ring (bicyclic) bond motifs is 1. The van der Waals surface area contributed by atoms with Gasteiger partial charge in [-0.3, -0.25) is 9.59 Å². The van der Waals surface area contributed by atoms with Crippen molar-refractivity contribution in [3.63, 3.8) is 0 Å². The molecule has 1 heterocycles. The molecular formula is C23H24Cl2N2O2. The standard InChI is InChI=1S/C23H24Cl2N2O2/c1-23(2,3)11-21(29)22(19-12-26-20-10-17(25)8-9-18(19)20)27(14-28)13-15-4-6-16(24)7-5-15/h4-10,12,14,22,26H,11,13H2,1-3H3. The van der Waals surface area contributed by atoms with Gasteiger partial charge in [0, 0.05) is 45.7 Å². The summed E-state index contributed by atoms with van der Waals surface area (Å²) in [5, 5.41) is 2.11. The average molecular weight is 431 g/mol. The summed E-state index contributed by atoms with van der Waals surface area (Å²) >= 11 is 12.1. The summed E-state index contributed by atoms with van der Waals surface area (Å²) in [6.45, 7) is 6.35. The van der Waals surface area contributed by atoms with Gasteiger partial charge in [-0.1, -0.05) is 62.2 Å². The molecule has 1 aromatic heterocycles. The number of carbonyl (C=O) groups is 2. The maximum absolute atomic E-state index is 13.4. The molecule has 0 radical (unpaired) electrons. The molecule has 3 rings (SSSR count). The lowest BCUT2D eigenvalue weighted by Gasteiger charge is -2.30. The Morgan fingerprint density at radius 2 is 1.76 bits per heavy atom. The van der Waals surface area contributed by atoms with Crippen molar-refractivity contribution >= 4 is 46.3 Å². The number of carbonyl (C=O) groups excluding carboxylic acids is 2. The molecule has 152 valence electrons. The molecular weight excluding hydrogens is 407 g/mol. The van der Waals surface area contributed by atoms with Crippen LogP contribution in [0.25, 0.3) is 10.9 Å². The lowest BCUT2D eigenvalue weighted by molar-refractivity contribution is -0.133. The van der Waals surface area contributed by atoms with Crippen molar-refractivity contribution in [2.75, 3.05) is 0 Å². The number of Topliss-reactive ketones (excluding diaryl/α,β-unsaturated/α-hetero) is 1. The Morgan fingerprint density at radius 3 is 2.38 bits per heavy atom. The molecule has 0 aliphatic carbocycles. The van der Waals surface area contributed by atoms with E-state index >= 15 is 0 Å². The van der Waals surface area contributed by atoms with Crippen LogP contribution >= 0.6 is 23.2 Å². The minimum Gasteiger partial charge on any atom is -0.361 e. The van der Waals surface area contributed by atoms with E-state index < -0.39 is 6.04 Å². The minimum atomic E-state index is -0.697. The van der Waals surface area contributed by atoms with Crippen LogP contribution in [0.2, 0.25) is 10.0 Å². The van der Waals surface area contributed by atoms with E-state index in [4.69, 9.17) is 23.2 Å². The van der Waals surface area contributed by atoms with Gasteiger partial charge in [-0.05, 0) is 35.2 Å². The van der Waals surface area contributed by atoms with Gasteiger partial charge in [0.2, 0.25) is 6.41 Å². The summed E-state index contributed by atoms with van der Waals surface area (Å²) in [7, 11) is 0. The molecule has 0 saturated carbocycles. The highest BCUT2D eigenvalue weighted by Crippen LogP contribution is 2.34. The fraction of sp³-hybridized carbons (Fsp3) is 0.304. The Morgan fingerprint density at radius 1 is 1.10 bits per heavy atom. The third-order valence-corrected chi connectivity index (χ3v) is 5.21. The smallest absolute Gasteiger partial charge is 0.210 e. The van der Waals surface area contributed by atoms with Crippen LogP contribution in [0.3, 0.4) is 0 Å². The van der Waals surface area contributed by atoms with E-state index in [1.807, 2.05) is 45.0 Å². The third-order valence-electron chi connectivity index (χ3n) is 4.73. The number of ketones is 1. The van der Waals surface area contributed by atoms with Crippen LogP contribution in [-0.2, 0) is 16.1 Å². The summed E-state index contributed by atoms with van der Waals surface area (Å²) in [4.78, 5) is 30.2. The number of H-pyrrole nitrogens is 1. The summed E-state index contributed by atoms with van der Waals surface area (Å²) in [6, 6.07) is 12.1. The van der Waals surface area contributed by atoms with Crippen molar-refractivity contribution in [3.8, 4) is 0 Å². The second-order valence-corrected chi connectivity index (χ2v) is 9.32. The van der Waals surface area contributed by atoms with E-state index in [0.29, 0.717) is 23.0 Å². The minimum absolute atomic E-state index is 0.00517. The van der Waals surface area contributed by atoms with Gasteiger partial charge in [-0.25, -0.2) is 0 Å². The molecule has 0 saturated heterocycles. The van der Waals surface area contributed by atoms with Gasteiger partial charge in [0.05, 0.1) is 0 Å². The monoisotopic (exact) mass is 430 g/mol. The number of benzene rings is 2. The van der Waals surface area contributed by atoms with E-state index in [1.165, 1.54) is 0 Å². The van der Waals surface area contributed by atoms with Gasteiger partial charge in [0.15, 0.2) is 5.78 Å². The van der Waals surface area contributed by atoms with E-state index in [0.717, 1.165) is 28.4 Å². The van der Waals surface area contributed by atoms with Crippen molar-refractivity contribution in [1.82, 2.24) is 9.88 Å². The zero-order valence-electron chi connectivity index (χ0n) is 16.7. The Kier molecular flexibility index (Phi) is 6.35. The summed E-state index contributed by atoms with van der Waals surface area (Å²) < 4.78 is 0. The fourth-order valence-electron chi connectivity index (χ4n) is 3.49. The Hall–Kier alpha value is -2.30. The number of hydrogen-bond donors (Lipinski definition) is 1. The average Bonchev–Trinajstić information content (AvgIpc) is 3.04. The van der Waals surface area contributed by atoms with Crippen molar-refractivity contribution < 1.29 is 9.59 Å². The molecule has 2 aromatic carbocycles. The van der Waals surface area contributed by atoms with Crippen LogP contribution in [0.1, 0.15) is 44.4 Å². The number of rotatable bonds is 7. The van der Waals surface area contributed by atoms with Crippen molar-refractivity contribution in [1.29, 1.82) is 0 Å². The number of hydrogen-bond acceptors (Lipinski definition) is 2. The van der Waals surface area contributed by atoms with Crippen LogP contribution in [0, 0.1) is 5.41 Å². The van der Waals surface area contributed by atoms with Crippen LogP contribution < -0.4 is 0 Å². The number of halogens is 2. The molecule has 0 aliphatic rings. The first-order valence-corrected chi connectivity index (χ1v) is 10.2. The first kappa shape index (κ1) is 21.4. The molecule has 0 bridgehead atoms. The Bertz CT molecular complexity index is 1020. The molecule has 1 N–H and O–H groups in total. The highest BCUT2D eigenvalue weighted by atomic mass is 35.5. The highest BCUT2D eigenvalue weighted by molar-refractivity contribution is 6.31. The third kappa shape index (κ3) is 5.20. The maximum Gasteiger partial charge on any atom is 0.210 e. The van der Waals surface area contributed by atoms with Crippen molar-refractivity contribution in [3.05, 3.63) is 69.8 Å². The summed E-state index contributed by atoms with van der Waals surface area (Å²) in [5.74, 6) is -0.00517. The van der Waals surface area contributed by atoms with E-state index in [1.54, 1.807) is 29.3 Å². The normalized spacial score (nSPS) is 12.7. The lowest BCUT2D eigenvalue weighted by Crippen LogP contribution is -2.34. The molecule has 1 unspecified atom stereocenters. The Balaban J connectivity index is 2.04. The SMILES string of the molecule is CC(C)(C)CC(=O)C(c1c[nH]c2cc(Cl)ccc12)N(C=O)Cc1ccc(Cl)cc1. The zero-order valence-corrected chi connectivity index (χ0v) is 18.2. The molecule has 4 nitrogen and oxygen atoms in total. The van der Waals surface area contributed by atoms with Crippen molar-refractivity contribution in [2.24, 2.45) is 5.41 Å². The molecule has 1 atom stereocenters. The largest absolute Gasteiger partial charge is 0.361 e. The molecule has 0 aliphatic heterocycles. The lowest BCUT2D eigenvalue weighted by atomic mass is 9.85. The van der Waals surface area contributed by atoms with Crippen LogP contribution in [-0.4, -0.2) is 22.1 Å². The second-order valence-electron chi connectivity index (χ2n) is 8.44. The molecule has 3 aromatic rings. The van der Waals surface area contributed by atoms with Gasteiger partial charge in [-0.2, -0.15) is 0 Å². The maximum atomic E-state index is 13.4. The molecule has 1 amide bonds. The van der Waals surface area contributed by atoms with Gasteiger partial charge >= 0.3 is 0 Å². The number of nitrogens with zero attached hydrogens (tertiary/aromatic N) is 1. The van der Waals surface area contributed by atoms with E-state index in [-0.39, 0.29) is 11.2 Å². The fourth-order valence-corrected chi connectivity index (χ4v) is 3.79. The molecule has 0 fully saturated rings. The van der Waals surface area contributed by atoms with Gasteiger partial charge < -0.3 is 9.88 Å². The number of amides is 1. The predicted octanol–water partition coefficient (Wildman–Crippen LogP) is 6.18. The number of nitrogens with one attached hydrogen (secondary N) is 1.